The second-order valence-corrected chi connectivity index (χ2v) is 6.82. The van der Waals surface area contributed by atoms with E-state index in [-0.39, 0.29) is 18.4 Å². The van der Waals surface area contributed by atoms with Gasteiger partial charge in [-0.1, -0.05) is 24.3 Å². The van der Waals surface area contributed by atoms with Crippen molar-refractivity contribution >= 4 is 29.3 Å². The van der Waals surface area contributed by atoms with E-state index in [1.807, 2.05) is 30.3 Å². The molecule has 25 heavy (non-hydrogen) atoms. The average molecular weight is 351 g/mol. The van der Waals surface area contributed by atoms with E-state index >= 15 is 0 Å². The summed E-state index contributed by atoms with van der Waals surface area (Å²) < 4.78 is 0. The van der Waals surface area contributed by atoms with Gasteiger partial charge >= 0.3 is 0 Å². The number of nitrogens with zero attached hydrogens (tertiary/aromatic N) is 3. The molecule has 3 rings (SSSR count). The normalized spacial score (nSPS) is 13.1. The molecule has 1 aliphatic rings. The lowest BCUT2D eigenvalue weighted by atomic mass is 10.1. The number of nitriles is 1. The molecular weight excluding hydrogens is 334 g/mol. The number of hydrogen-bond acceptors (Lipinski definition) is 4. The lowest BCUT2D eigenvalue weighted by molar-refractivity contribution is -0.130. The van der Waals surface area contributed by atoms with Crippen molar-refractivity contribution < 1.29 is 9.59 Å². The van der Waals surface area contributed by atoms with Gasteiger partial charge in [-0.25, -0.2) is 0 Å². The Morgan fingerprint density at radius 2 is 2.08 bits per heavy atom. The maximum absolute atomic E-state index is 12.6. The third-order valence-corrected chi connectivity index (χ3v) is 5.05. The Labute approximate surface area is 150 Å². The summed E-state index contributed by atoms with van der Waals surface area (Å²) in [7, 11) is 1.70. The second-order valence-electron chi connectivity index (χ2n) is 5.80. The SMILES string of the molecule is CN(Cc1cccc(C#N)c1)C(=O)CN1C(=O)CSc2ccccc21. The number of hydrogen-bond donors (Lipinski definition) is 0. The van der Waals surface area contributed by atoms with Crippen molar-refractivity contribution in [1.82, 2.24) is 4.90 Å². The highest BCUT2D eigenvalue weighted by molar-refractivity contribution is 8.00. The summed E-state index contributed by atoms with van der Waals surface area (Å²) in [5.41, 5.74) is 2.24. The summed E-state index contributed by atoms with van der Waals surface area (Å²) in [5.74, 6) is 0.146. The first-order chi connectivity index (χ1) is 12.1. The monoisotopic (exact) mass is 351 g/mol. The first-order valence-electron chi connectivity index (χ1n) is 7.83. The Hall–Kier alpha value is -2.78. The molecule has 0 N–H and O–H groups in total. The molecule has 0 radical (unpaired) electrons. The Morgan fingerprint density at radius 3 is 2.88 bits per heavy atom. The van der Waals surface area contributed by atoms with E-state index < -0.39 is 0 Å². The molecule has 2 aromatic carbocycles. The molecule has 126 valence electrons. The fourth-order valence-electron chi connectivity index (χ4n) is 2.68. The Kier molecular flexibility index (Phi) is 5.05. The van der Waals surface area contributed by atoms with Gasteiger partial charge in [0, 0.05) is 18.5 Å². The molecule has 0 aromatic heterocycles. The number of thioether (sulfide) groups is 1. The molecule has 0 saturated carbocycles. The van der Waals surface area contributed by atoms with Gasteiger partial charge in [-0.15, -0.1) is 11.8 Å². The minimum Gasteiger partial charge on any atom is -0.340 e. The van der Waals surface area contributed by atoms with Gasteiger partial charge in [-0.2, -0.15) is 5.26 Å². The van der Waals surface area contributed by atoms with Gasteiger partial charge in [0.25, 0.3) is 0 Å². The van der Waals surface area contributed by atoms with Gasteiger partial charge in [0.05, 0.1) is 23.1 Å². The molecule has 6 heteroatoms. The van der Waals surface area contributed by atoms with E-state index in [2.05, 4.69) is 6.07 Å². The van der Waals surface area contributed by atoms with Crippen LogP contribution in [0.25, 0.3) is 0 Å². The zero-order valence-electron chi connectivity index (χ0n) is 13.8. The molecule has 2 amide bonds. The average Bonchev–Trinajstić information content (AvgIpc) is 2.64. The van der Waals surface area contributed by atoms with E-state index in [0.717, 1.165) is 16.1 Å². The number of anilines is 1. The van der Waals surface area contributed by atoms with Crippen LogP contribution in [-0.4, -0.2) is 36.1 Å². The van der Waals surface area contributed by atoms with Crippen LogP contribution in [0.4, 0.5) is 5.69 Å². The lowest BCUT2D eigenvalue weighted by Gasteiger charge is -2.30. The van der Waals surface area contributed by atoms with Crippen LogP contribution in [-0.2, 0) is 16.1 Å². The first-order valence-corrected chi connectivity index (χ1v) is 8.82. The van der Waals surface area contributed by atoms with Gasteiger partial charge < -0.3 is 9.80 Å². The zero-order chi connectivity index (χ0) is 17.8. The maximum atomic E-state index is 12.6. The fourth-order valence-corrected chi connectivity index (χ4v) is 3.62. The van der Waals surface area contributed by atoms with Crippen LogP contribution in [0.1, 0.15) is 11.1 Å². The first kappa shape index (κ1) is 17.1. The molecule has 0 saturated heterocycles. The molecule has 0 aliphatic carbocycles. The topological polar surface area (TPSA) is 64.4 Å². The molecule has 5 nitrogen and oxygen atoms in total. The van der Waals surface area contributed by atoms with Crippen molar-refractivity contribution in [2.75, 3.05) is 24.2 Å². The number of likely N-dealkylation sites (N-methyl/N-ethyl adjacent to an activating group) is 1. The fraction of sp³-hybridized carbons (Fsp3) is 0.211. The van der Waals surface area contributed by atoms with Crippen molar-refractivity contribution in [1.29, 1.82) is 5.26 Å². The lowest BCUT2D eigenvalue weighted by Crippen LogP contribution is -2.43. The van der Waals surface area contributed by atoms with Crippen molar-refractivity contribution in [3.63, 3.8) is 0 Å². The molecule has 1 heterocycles. The van der Waals surface area contributed by atoms with Crippen molar-refractivity contribution in [2.24, 2.45) is 0 Å². The number of amides is 2. The van der Waals surface area contributed by atoms with Crippen LogP contribution >= 0.6 is 11.8 Å². The molecule has 2 aromatic rings. The number of carbonyl (C=O) groups excluding carboxylic acids is 2. The van der Waals surface area contributed by atoms with E-state index in [4.69, 9.17) is 5.26 Å². The van der Waals surface area contributed by atoms with Crippen LogP contribution in [0.5, 0.6) is 0 Å². The van der Waals surface area contributed by atoms with Crippen molar-refractivity contribution in [2.45, 2.75) is 11.4 Å². The number of fused-ring (bicyclic) bond motifs is 1. The molecule has 0 fully saturated rings. The smallest absolute Gasteiger partial charge is 0.242 e. The van der Waals surface area contributed by atoms with Gasteiger partial charge in [0.1, 0.15) is 6.54 Å². The van der Waals surface area contributed by atoms with Gasteiger partial charge in [-0.05, 0) is 29.8 Å². The van der Waals surface area contributed by atoms with E-state index in [0.29, 0.717) is 17.9 Å². The van der Waals surface area contributed by atoms with Crippen LogP contribution in [0.3, 0.4) is 0 Å². The number of para-hydroxylation sites is 1. The van der Waals surface area contributed by atoms with Crippen LogP contribution in [0.15, 0.2) is 53.4 Å². The third kappa shape index (κ3) is 3.83. The second kappa shape index (κ2) is 7.41. The Morgan fingerprint density at radius 1 is 1.28 bits per heavy atom. The molecule has 0 atom stereocenters. The summed E-state index contributed by atoms with van der Waals surface area (Å²) in [4.78, 5) is 29.0. The van der Waals surface area contributed by atoms with Crippen LogP contribution in [0, 0.1) is 11.3 Å². The van der Waals surface area contributed by atoms with Crippen LogP contribution < -0.4 is 4.90 Å². The van der Waals surface area contributed by atoms with Gasteiger partial charge in [-0.3, -0.25) is 9.59 Å². The summed E-state index contributed by atoms with van der Waals surface area (Å²) in [6, 6.07) is 16.9. The van der Waals surface area contributed by atoms with Gasteiger partial charge in [0.15, 0.2) is 0 Å². The highest BCUT2D eigenvalue weighted by atomic mass is 32.2. The predicted molar refractivity (Wildman–Crippen MR) is 97.2 cm³/mol. The van der Waals surface area contributed by atoms with Crippen molar-refractivity contribution in [3.8, 4) is 6.07 Å². The summed E-state index contributed by atoms with van der Waals surface area (Å²) in [6.45, 7) is 0.414. The van der Waals surface area contributed by atoms with E-state index in [1.165, 1.54) is 11.8 Å². The van der Waals surface area contributed by atoms with Gasteiger partial charge in [0.2, 0.25) is 11.8 Å². The maximum Gasteiger partial charge on any atom is 0.242 e. The Balaban J connectivity index is 1.71. The molecular formula is C19H17N3O2S. The highest BCUT2D eigenvalue weighted by Gasteiger charge is 2.27. The predicted octanol–water partition coefficient (Wildman–Crippen LogP) is 2.66. The number of benzene rings is 2. The van der Waals surface area contributed by atoms with E-state index in [9.17, 15) is 9.59 Å². The summed E-state index contributed by atoms with van der Waals surface area (Å²) in [5, 5.41) is 8.97. The third-order valence-electron chi connectivity index (χ3n) is 4.00. The standard InChI is InChI=1S/C19H17N3O2S/c1-21(11-15-6-4-5-14(9-15)10-20)18(23)12-22-16-7-2-3-8-17(16)25-13-19(22)24/h2-9H,11-13H2,1H3. The molecule has 1 aliphatic heterocycles. The van der Waals surface area contributed by atoms with Crippen LogP contribution in [0.2, 0.25) is 0 Å². The molecule has 0 unspecified atom stereocenters. The highest BCUT2D eigenvalue weighted by Crippen LogP contribution is 2.34. The quantitative estimate of drug-likeness (QED) is 0.849. The summed E-state index contributed by atoms with van der Waals surface area (Å²) in [6.07, 6.45) is 0. The largest absolute Gasteiger partial charge is 0.340 e. The Bertz CT molecular complexity index is 860. The molecule has 0 spiro atoms. The van der Waals surface area contributed by atoms with Crippen molar-refractivity contribution in [3.05, 3.63) is 59.7 Å². The summed E-state index contributed by atoms with van der Waals surface area (Å²) >= 11 is 1.50. The minimum atomic E-state index is -0.141. The number of carbonyl (C=O) groups is 2. The zero-order valence-corrected chi connectivity index (χ0v) is 14.6. The molecule has 0 bridgehead atoms. The number of rotatable bonds is 4. The van der Waals surface area contributed by atoms with E-state index in [1.54, 1.807) is 35.0 Å². The minimum absolute atomic E-state index is 0.0187.